The van der Waals surface area contributed by atoms with Crippen LogP contribution in [0.25, 0.3) is 0 Å². The lowest BCUT2D eigenvalue weighted by Gasteiger charge is -2.20. The maximum Gasteiger partial charge on any atom is 0.0533 e. The zero-order valence-electron chi connectivity index (χ0n) is 10.6. The summed E-state index contributed by atoms with van der Waals surface area (Å²) in [5.74, 6) is 1.09. The molecule has 1 heterocycles. The molecule has 0 bridgehead atoms. The predicted molar refractivity (Wildman–Crippen MR) is 70.6 cm³/mol. The molecule has 4 nitrogen and oxygen atoms in total. The van der Waals surface area contributed by atoms with Gasteiger partial charge in [-0.15, -0.1) is 0 Å². The smallest absolute Gasteiger partial charge is 0.0533 e. The molecule has 0 spiro atoms. The van der Waals surface area contributed by atoms with Crippen LogP contribution in [0.5, 0.6) is 0 Å². The standard InChI is InChI=1S/C11H22N4S/c1-9(12)11(16-6-5-14(2)3)10-7-13-15(4)8-10/h7-9,11H,5-6,12H2,1-4H3. The zero-order valence-corrected chi connectivity index (χ0v) is 11.4. The van der Waals surface area contributed by atoms with Crippen LogP contribution in [0, 0.1) is 0 Å². The van der Waals surface area contributed by atoms with Crippen LogP contribution in [0.2, 0.25) is 0 Å². The highest BCUT2D eigenvalue weighted by Gasteiger charge is 2.18. The highest BCUT2D eigenvalue weighted by Crippen LogP contribution is 2.30. The van der Waals surface area contributed by atoms with Gasteiger partial charge < -0.3 is 10.6 Å². The summed E-state index contributed by atoms with van der Waals surface area (Å²) < 4.78 is 1.83. The highest BCUT2D eigenvalue weighted by molar-refractivity contribution is 7.99. The first-order valence-corrected chi connectivity index (χ1v) is 6.56. The van der Waals surface area contributed by atoms with Gasteiger partial charge in [0.1, 0.15) is 0 Å². The summed E-state index contributed by atoms with van der Waals surface area (Å²) in [4.78, 5) is 2.19. The van der Waals surface area contributed by atoms with Crippen LogP contribution in [-0.2, 0) is 7.05 Å². The number of aryl methyl sites for hydroxylation is 1. The van der Waals surface area contributed by atoms with E-state index in [2.05, 4.69) is 37.2 Å². The lowest BCUT2D eigenvalue weighted by Crippen LogP contribution is -2.24. The van der Waals surface area contributed by atoms with Gasteiger partial charge in [0.2, 0.25) is 0 Å². The fraction of sp³-hybridized carbons (Fsp3) is 0.727. The van der Waals surface area contributed by atoms with Crippen molar-refractivity contribution in [3.05, 3.63) is 18.0 Å². The molecule has 0 aliphatic rings. The first-order valence-electron chi connectivity index (χ1n) is 5.51. The Balaban J connectivity index is 2.55. The van der Waals surface area contributed by atoms with Gasteiger partial charge in [0.25, 0.3) is 0 Å². The third-order valence-electron chi connectivity index (χ3n) is 2.37. The summed E-state index contributed by atoms with van der Waals surface area (Å²) in [6.45, 7) is 3.13. The predicted octanol–water partition coefficient (Wildman–Crippen LogP) is 1.10. The van der Waals surface area contributed by atoms with Gasteiger partial charge in [-0.1, -0.05) is 0 Å². The highest BCUT2D eigenvalue weighted by atomic mass is 32.2. The van der Waals surface area contributed by atoms with Crippen LogP contribution >= 0.6 is 11.8 Å². The third-order valence-corrected chi connectivity index (χ3v) is 3.85. The van der Waals surface area contributed by atoms with E-state index >= 15 is 0 Å². The molecule has 92 valence electrons. The number of thioether (sulfide) groups is 1. The van der Waals surface area contributed by atoms with E-state index in [1.165, 1.54) is 5.56 Å². The van der Waals surface area contributed by atoms with Crippen LogP contribution in [0.15, 0.2) is 12.4 Å². The first kappa shape index (κ1) is 13.5. The molecule has 0 saturated heterocycles. The minimum Gasteiger partial charge on any atom is -0.327 e. The number of nitrogens with two attached hydrogens (primary N) is 1. The Labute approximate surface area is 102 Å². The molecular weight excluding hydrogens is 220 g/mol. The van der Waals surface area contributed by atoms with Gasteiger partial charge >= 0.3 is 0 Å². The van der Waals surface area contributed by atoms with E-state index in [-0.39, 0.29) is 6.04 Å². The maximum atomic E-state index is 6.02. The number of hydrogen-bond acceptors (Lipinski definition) is 4. The maximum absolute atomic E-state index is 6.02. The van der Waals surface area contributed by atoms with Crippen molar-refractivity contribution in [2.45, 2.75) is 18.2 Å². The second kappa shape index (κ2) is 6.27. The summed E-state index contributed by atoms with van der Waals surface area (Å²) in [6, 6.07) is 0.149. The summed E-state index contributed by atoms with van der Waals surface area (Å²) in [7, 11) is 6.11. The molecule has 2 unspecified atom stereocenters. The van der Waals surface area contributed by atoms with Gasteiger partial charge in [0.05, 0.1) is 6.20 Å². The Hall–Kier alpha value is -0.520. The zero-order chi connectivity index (χ0) is 12.1. The van der Waals surface area contributed by atoms with Gasteiger partial charge in [-0.2, -0.15) is 16.9 Å². The number of nitrogens with zero attached hydrogens (tertiary/aromatic N) is 3. The average molecular weight is 242 g/mol. The number of aromatic nitrogens is 2. The second-order valence-electron chi connectivity index (χ2n) is 4.40. The van der Waals surface area contributed by atoms with E-state index in [9.17, 15) is 0 Å². The first-order chi connectivity index (χ1) is 7.50. The topological polar surface area (TPSA) is 47.1 Å². The van der Waals surface area contributed by atoms with Crippen molar-refractivity contribution in [1.29, 1.82) is 0 Å². The van der Waals surface area contributed by atoms with E-state index in [1.807, 2.05) is 29.7 Å². The Bertz CT molecular complexity index is 309. The van der Waals surface area contributed by atoms with Crippen molar-refractivity contribution in [3.63, 3.8) is 0 Å². The van der Waals surface area contributed by atoms with Crippen LogP contribution in [-0.4, -0.2) is 47.1 Å². The number of hydrogen-bond donors (Lipinski definition) is 1. The lowest BCUT2D eigenvalue weighted by molar-refractivity contribution is 0.437. The Morgan fingerprint density at radius 1 is 1.56 bits per heavy atom. The molecule has 0 radical (unpaired) electrons. The molecule has 0 saturated carbocycles. The van der Waals surface area contributed by atoms with Crippen molar-refractivity contribution >= 4 is 11.8 Å². The monoisotopic (exact) mass is 242 g/mol. The van der Waals surface area contributed by atoms with E-state index in [4.69, 9.17) is 5.73 Å². The third kappa shape index (κ3) is 4.15. The molecule has 1 rings (SSSR count). The van der Waals surface area contributed by atoms with Gasteiger partial charge in [-0.25, -0.2) is 0 Å². The van der Waals surface area contributed by atoms with E-state index in [0.29, 0.717) is 5.25 Å². The van der Waals surface area contributed by atoms with Crippen molar-refractivity contribution in [1.82, 2.24) is 14.7 Å². The fourth-order valence-electron chi connectivity index (χ4n) is 1.50. The van der Waals surface area contributed by atoms with Crippen LogP contribution in [0.4, 0.5) is 0 Å². The van der Waals surface area contributed by atoms with Gasteiger partial charge in [0, 0.05) is 42.4 Å². The molecule has 0 aromatic carbocycles. The lowest BCUT2D eigenvalue weighted by atomic mass is 10.1. The summed E-state index contributed by atoms with van der Waals surface area (Å²) in [6.07, 6.45) is 3.97. The van der Waals surface area contributed by atoms with Crippen molar-refractivity contribution < 1.29 is 0 Å². The molecule has 0 fully saturated rings. The average Bonchev–Trinajstić information content (AvgIpc) is 2.58. The van der Waals surface area contributed by atoms with Gasteiger partial charge in [-0.3, -0.25) is 4.68 Å². The van der Waals surface area contributed by atoms with Crippen LogP contribution in [0.3, 0.4) is 0 Å². The van der Waals surface area contributed by atoms with E-state index < -0.39 is 0 Å². The Kier molecular flexibility index (Phi) is 5.31. The quantitative estimate of drug-likeness (QED) is 0.811. The van der Waals surface area contributed by atoms with Crippen molar-refractivity contribution in [2.24, 2.45) is 12.8 Å². The Morgan fingerprint density at radius 2 is 2.25 bits per heavy atom. The molecule has 5 heteroatoms. The molecule has 2 N–H and O–H groups in total. The number of rotatable bonds is 6. The minimum absolute atomic E-state index is 0.149. The van der Waals surface area contributed by atoms with Crippen molar-refractivity contribution in [3.8, 4) is 0 Å². The van der Waals surface area contributed by atoms with E-state index in [0.717, 1.165) is 12.3 Å². The van der Waals surface area contributed by atoms with Crippen LogP contribution < -0.4 is 5.73 Å². The van der Waals surface area contributed by atoms with E-state index in [1.54, 1.807) is 0 Å². The molecular formula is C11H22N4S. The minimum atomic E-state index is 0.149. The molecule has 0 aliphatic heterocycles. The second-order valence-corrected chi connectivity index (χ2v) is 5.65. The molecule has 1 aromatic rings. The molecule has 2 atom stereocenters. The van der Waals surface area contributed by atoms with Gasteiger partial charge in [0.15, 0.2) is 0 Å². The molecule has 1 aromatic heterocycles. The summed E-state index contributed by atoms with van der Waals surface area (Å²) in [5.41, 5.74) is 7.25. The Morgan fingerprint density at radius 3 is 2.69 bits per heavy atom. The summed E-state index contributed by atoms with van der Waals surface area (Å²) in [5, 5.41) is 4.54. The summed E-state index contributed by atoms with van der Waals surface area (Å²) >= 11 is 1.90. The largest absolute Gasteiger partial charge is 0.327 e. The fourth-order valence-corrected chi connectivity index (χ4v) is 2.84. The molecule has 0 amide bonds. The van der Waals surface area contributed by atoms with Gasteiger partial charge in [-0.05, 0) is 21.0 Å². The van der Waals surface area contributed by atoms with Crippen LogP contribution in [0.1, 0.15) is 17.7 Å². The molecule has 0 aliphatic carbocycles. The van der Waals surface area contributed by atoms with Crippen molar-refractivity contribution in [2.75, 3.05) is 26.4 Å². The normalized spacial score (nSPS) is 15.4. The SMILES string of the molecule is CC(N)C(SCCN(C)C)c1cnn(C)c1. The molecule has 16 heavy (non-hydrogen) atoms.